The van der Waals surface area contributed by atoms with Crippen molar-refractivity contribution in [3.8, 4) is 5.75 Å². The van der Waals surface area contributed by atoms with Gasteiger partial charge in [0.25, 0.3) is 0 Å². The summed E-state index contributed by atoms with van der Waals surface area (Å²) in [4.78, 5) is 45.9. The molecule has 0 bridgehead atoms. The average Bonchev–Trinajstić information content (AvgIpc) is 2.92. The fourth-order valence-electron chi connectivity index (χ4n) is 3.20. The Balaban J connectivity index is 1.96. The Kier molecular flexibility index (Phi) is 12.2. The summed E-state index contributed by atoms with van der Waals surface area (Å²) in [5, 5.41) is 12.9. The Bertz CT molecular complexity index is 1050. The highest BCUT2D eigenvalue weighted by atomic mass is 31.2. The molecule has 37 heavy (non-hydrogen) atoms. The number of methoxy groups -OCH3 is 1. The van der Waals surface area contributed by atoms with Crippen LogP contribution in [0.15, 0.2) is 54.6 Å². The van der Waals surface area contributed by atoms with Crippen molar-refractivity contribution in [3.05, 3.63) is 65.7 Å². The minimum atomic E-state index is -4.24. The van der Waals surface area contributed by atoms with Crippen LogP contribution >= 0.6 is 7.37 Å². The predicted molar refractivity (Wildman–Crippen MR) is 133 cm³/mol. The maximum Gasteiger partial charge on any atom is 0.408 e. The maximum absolute atomic E-state index is 12.9. The smallest absolute Gasteiger partial charge is 0.408 e. The summed E-state index contributed by atoms with van der Waals surface area (Å²) < 4.78 is 33.3. The van der Waals surface area contributed by atoms with Crippen LogP contribution in [0.2, 0.25) is 0 Å². The molecular weight excluding hydrogens is 505 g/mol. The molecule has 0 fully saturated rings. The number of esters is 1. The Hall–Kier alpha value is -3.24. The Labute approximate surface area is 215 Å². The fraction of sp³-hybridized carbons (Fsp3) is 0.400. The Morgan fingerprint density at radius 1 is 1.11 bits per heavy atom. The van der Waals surface area contributed by atoms with E-state index in [1.54, 1.807) is 31.2 Å². The number of rotatable bonds is 15. The summed E-state index contributed by atoms with van der Waals surface area (Å²) in [5.41, 5.74) is 0.873. The molecule has 0 aliphatic heterocycles. The van der Waals surface area contributed by atoms with E-state index in [-0.39, 0.29) is 25.2 Å². The second-order valence-electron chi connectivity index (χ2n) is 7.94. The van der Waals surface area contributed by atoms with Crippen LogP contribution < -0.4 is 10.1 Å². The average molecular weight is 538 g/mol. The number of carbonyl (C=O) groups excluding carboxylic acids is 3. The van der Waals surface area contributed by atoms with Gasteiger partial charge in [-0.1, -0.05) is 42.5 Å². The SMILES string of the molecule is CCOCC(C=O)Oc1ccc(C(O)P(=O)(O)CCC(NC(=O)OCc2ccccc2)C(=O)OC)cc1. The lowest BCUT2D eigenvalue weighted by Crippen LogP contribution is -2.42. The molecular formula is C25H32NO10P. The number of carbonyl (C=O) groups is 3. The van der Waals surface area contributed by atoms with Crippen LogP contribution in [-0.2, 0) is 35.0 Å². The first-order chi connectivity index (χ1) is 17.7. The van der Waals surface area contributed by atoms with Crippen molar-refractivity contribution in [2.24, 2.45) is 0 Å². The van der Waals surface area contributed by atoms with E-state index in [0.29, 0.717) is 18.6 Å². The molecule has 0 aliphatic carbocycles. The van der Waals surface area contributed by atoms with Crippen molar-refractivity contribution in [2.75, 3.05) is 26.5 Å². The zero-order valence-corrected chi connectivity index (χ0v) is 21.5. The summed E-state index contributed by atoms with van der Waals surface area (Å²) in [6, 6.07) is 13.3. The van der Waals surface area contributed by atoms with Gasteiger partial charge in [0.1, 0.15) is 18.4 Å². The first-order valence-corrected chi connectivity index (χ1v) is 13.5. The molecule has 12 heteroatoms. The van der Waals surface area contributed by atoms with Crippen LogP contribution in [0.4, 0.5) is 4.79 Å². The number of aldehydes is 1. The second-order valence-corrected chi connectivity index (χ2v) is 10.4. The van der Waals surface area contributed by atoms with Crippen LogP contribution in [0.25, 0.3) is 0 Å². The van der Waals surface area contributed by atoms with E-state index < -0.39 is 43.6 Å². The van der Waals surface area contributed by atoms with Gasteiger partial charge in [-0.15, -0.1) is 0 Å². The number of aliphatic hydroxyl groups is 1. The third-order valence-electron chi connectivity index (χ3n) is 5.21. The van der Waals surface area contributed by atoms with E-state index in [1.807, 2.05) is 6.07 Å². The number of ether oxygens (including phenoxy) is 4. The van der Waals surface area contributed by atoms with Crippen LogP contribution in [-0.4, -0.2) is 67.0 Å². The van der Waals surface area contributed by atoms with E-state index in [9.17, 15) is 28.9 Å². The van der Waals surface area contributed by atoms with E-state index >= 15 is 0 Å². The molecule has 11 nitrogen and oxygen atoms in total. The summed E-state index contributed by atoms with van der Waals surface area (Å²) >= 11 is 0. The lowest BCUT2D eigenvalue weighted by molar-refractivity contribution is -0.143. The Morgan fingerprint density at radius 3 is 2.38 bits per heavy atom. The minimum Gasteiger partial charge on any atom is -0.481 e. The van der Waals surface area contributed by atoms with Crippen LogP contribution in [0.3, 0.4) is 0 Å². The van der Waals surface area contributed by atoms with Gasteiger partial charge in [0.2, 0.25) is 7.37 Å². The third kappa shape index (κ3) is 9.97. The molecule has 2 aromatic carbocycles. The van der Waals surface area contributed by atoms with Gasteiger partial charge < -0.3 is 34.3 Å². The standard InChI is InChI=1S/C25H32NO10P/c1-3-34-17-21(15-27)36-20-11-9-19(10-12-20)24(29)37(31,32)14-13-22(23(28)33-2)26-25(30)35-16-18-7-5-4-6-8-18/h4-12,15,21-22,24,29H,3,13-14,16-17H2,1-2H3,(H,26,30)(H,31,32). The number of benzene rings is 2. The topological polar surface area (TPSA) is 158 Å². The van der Waals surface area contributed by atoms with Crippen LogP contribution in [0, 0.1) is 0 Å². The first-order valence-electron chi connectivity index (χ1n) is 11.5. The lowest BCUT2D eigenvalue weighted by atomic mass is 10.2. The van der Waals surface area contributed by atoms with E-state index in [4.69, 9.17) is 14.2 Å². The molecule has 2 aromatic rings. The first kappa shape index (κ1) is 30.0. The lowest BCUT2D eigenvalue weighted by Gasteiger charge is -2.22. The van der Waals surface area contributed by atoms with E-state index in [1.165, 1.54) is 24.3 Å². The van der Waals surface area contributed by atoms with E-state index in [2.05, 4.69) is 10.1 Å². The summed E-state index contributed by atoms with van der Waals surface area (Å²) in [7, 11) is -3.12. The number of hydrogen-bond acceptors (Lipinski definition) is 9. The van der Waals surface area contributed by atoms with Gasteiger partial charge in [0.05, 0.1) is 13.7 Å². The van der Waals surface area contributed by atoms with E-state index in [0.717, 1.165) is 12.7 Å². The molecule has 0 aromatic heterocycles. The molecule has 0 saturated heterocycles. The van der Waals surface area contributed by atoms with Gasteiger partial charge in [-0.3, -0.25) is 9.36 Å². The molecule has 0 aliphatic rings. The third-order valence-corrected chi connectivity index (χ3v) is 7.18. The van der Waals surface area contributed by atoms with Gasteiger partial charge in [-0.2, -0.15) is 0 Å². The Morgan fingerprint density at radius 2 is 1.78 bits per heavy atom. The number of aliphatic hydroxyl groups excluding tert-OH is 1. The zero-order chi connectivity index (χ0) is 27.3. The molecule has 0 heterocycles. The number of amides is 1. The molecule has 4 atom stereocenters. The van der Waals surface area contributed by atoms with Crippen LogP contribution in [0.5, 0.6) is 5.75 Å². The number of alkyl carbamates (subject to hydrolysis) is 1. The number of hydrogen-bond donors (Lipinski definition) is 3. The summed E-state index contributed by atoms with van der Waals surface area (Å²) in [5.74, 6) is -2.27. The van der Waals surface area contributed by atoms with Gasteiger partial charge in [-0.25, -0.2) is 9.59 Å². The van der Waals surface area contributed by atoms with Crippen molar-refractivity contribution in [2.45, 2.75) is 37.9 Å². The molecule has 2 rings (SSSR count). The van der Waals surface area contributed by atoms with Crippen molar-refractivity contribution in [3.63, 3.8) is 0 Å². The van der Waals surface area contributed by atoms with Crippen LogP contribution in [0.1, 0.15) is 30.3 Å². The highest BCUT2D eigenvalue weighted by molar-refractivity contribution is 7.58. The van der Waals surface area contributed by atoms with Crippen molar-refractivity contribution in [1.82, 2.24) is 5.32 Å². The number of nitrogens with one attached hydrogen (secondary N) is 1. The highest BCUT2D eigenvalue weighted by Gasteiger charge is 2.33. The van der Waals surface area contributed by atoms with Gasteiger partial charge in [-0.05, 0) is 36.6 Å². The molecule has 202 valence electrons. The second kappa shape index (κ2) is 15.1. The molecule has 4 unspecified atom stereocenters. The van der Waals surface area contributed by atoms with Gasteiger partial charge in [0, 0.05) is 12.8 Å². The summed E-state index contributed by atoms with van der Waals surface area (Å²) in [6.07, 6.45) is -1.89. The molecule has 3 N–H and O–H groups in total. The predicted octanol–water partition coefficient (Wildman–Crippen LogP) is 2.79. The maximum atomic E-state index is 12.9. The molecule has 0 saturated carbocycles. The normalized spacial score (nSPS) is 14.9. The molecule has 0 radical (unpaired) electrons. The van der Waals surface area contributed by atoms with Crippen molar-refractivity contribution < 1.29 is 47.9 Å². The highest BCUT2D eigenvalue weighted by Crippen LogP contribution is 2.54. The monoisotopic (exact) mass is 537 g/mol. The fourth-order valence-corrected chi connectivity index (χ4v) is 4.71. The van der Waals surface area contributed by atoms with Gasteiger partial charge >= 0.3 is 12.1 Å². The minimum absolute atomic E-state index is 0.0310. The van der Waals surface area contributed by atoms with Crippen molar-refractivity contribution in [1.29, 1.82) is 0 Å². The quantitative estimate of drug-likeness (QED) is 0.175. The largest absolute Gasteiger partial charge is 0.481 e. The molecule has 0 spiro atoms. The van der Waals surface area contributed by atoms with Crippen molar-refractivity contribution >= 4 is 25.7 Å². The van der Waals surface area contributed by atoms with Gasteiger partial charge in [0.15, 0.2) is 18.2 Å². The zero-order valence-electron chi connectivity index (χ0n) is 20.6. The molecule has 1 amide bonds. The summed E-state index contributed by atoms with van der Waals surface area (Å²) in [6.45, 7) is 2.25.